The monoisotopic (exact) mass is 443 g/mol. The Balaban J connectivity index is 1.65. The molecule has 2 atom stereocenters. The van der Waals surface area contributed by atoms with E-state index in [1.807, 2.05) is 23.7 Å². The lowest BCUT2D eigenvalue weighted by atomic mass is 9.94. The maximum absolute atomic E-state index is 12.6. The molecule has 1 N–H and O–H groups in total. The number of nitrogens with zero attached hydrogens (tertiary/aromatic N) is 2. The molecule has 0 spiro atoms. The Morgan fingerprint density at radius 3 is 2.81 bits per heavy atom. The van der Waals surface area contributed by atoms with E-state index in [2.05, 4.69) is 38.2 Å². The van der Waals surface area contributed by atoms with E-state index in [0.29, 0.717) is 12.4 Å². The minimum atomic E-state index is -0.188. The van der Waals surface area contributed by atoms with Crippen molar-refractivity contribution in [1.82, 2.24) is 9.78 Å². The van der Waals surface area contributed by atoms with E-state index in [4.69, 9.17) is 14.6 Å². The summed E-state index contributed by atoms with van der Waals surface area (Å²) < 4.78 is 13.8. The number of hydrogen-bond donors (Lipinski definition) is 1. The van der Waals surface area contributed by atoms with Gasteiger partial charge in [0.25, 0.3) is 0 Å². The number of carbonyl (C=O) groups excluding carboxylic acids is 1. The number of hydrogen-bond acceptors (Lipinski definition) is 5. The van der Waals surface area contributed by atoms with Crippen molar-refractivity contribution >= 4 is 23.5 Å². The second-order valence-corrected chi connectivity index (χ2v) is 10.2. The number of thioether (sulfide) groups is 1. The molecule has 2 aliphatic heterocycles. The third-order valence-electron chi connectivity index (χ3n) is 6.00. The summed E-state index contributed by atoms with van der Waals surface area (Å²) in [5.41, 5.74) is 3.06. The molecule has 4 rings (SSSR count). The summed E-state index contributed by atoms with van der Waals surface area (Å²) in [6.45, 7) is 9.89. The molecule has 0 aliphatic carbocycles. The van der Waals surface area contributed by atoms with Crippen molar-refractivity contribution < 1.29 is 14.3 Å². The van der Waals surface area contributed by atoms with Gasteiger partial charge < -0.3 is 14.8 Å². The fourth-order valence-corrected chi connectivity index (χ4v) is 5.61. The van der Waals surface area contributed by atoms with Crippen molar-refractivity contribution in [3.8, 4) is 5.75 Å². The molecule has 2 unspecified atom stereocenters. The Hall–Kier alpha value is -1.99. The lowest BCUT2D eigenvalue weighted by Crippen LogP contribution is -2.36. The topological polar surface area (TPSA) is 65.4 Å². The molecule has 1 aromatic carbocycles. The number of ether oxygens (including phenoxy) is 2. The molecule has 1 aromatic heterocycles. The fourth-order valence-electron chi connectivity index (χ4n) is 4.42. The number of fused-ring (bicyclic) bond motifs is 1. The second kappa shape index (κ2) is 9.25. The summed E-state index contributed by atoms with van der Waals surface area (Å²) in [7, 11) is 0. The van der Waals surface area contributed by atoms with Gasteiger partial charge in [-0.25, -0.2) is 4.68 Å². The zero-order valence-electron chi connectivity index (χ0n) is 18.9. The normalized spacial score (nSPS) is 23.0. The lowest BCUT2D eigenvalue weighted by Gasteiger charge is -2.36. The minimum absolute atomic E-state index is 0.0285. The van der Waals surface area contributed by atoms with Gasteiger partial charge in [-0.2, -0.15) is 5.10 Å². The van der Waals surface area contributed by atoms with Gasteiger partial charge in [0, 0.05) is 12.2 Å². The van der Waals surface area contributed by atoms with Crippen molar-refractivity contribution in [2.75, 3.05) is 24.3 Å². The van der Waals surface area contributed by atoms with Gasteiger partial charge in [0.2, 0.25) is 5.91 Å². The van der Waals surface area contributed by atoms with E-state index in [9.17, 15) is 4.79 Å². The SMILES string of the molecule is CCCCOc1ccc(C2SCC(=O)Nc3c2c(C)nn3C2CCOC(C)(C)C2)cc1. The van der Waals surface area contributed by atoms with Gasteiger partial charge in [-0.3, -0.25) is 4.79 Å². The Labute approximate surface area is 189 Å². The summed E-state index contributed by atoms with van der Waals surface area (Å²) in [4.78, 5) is 12.6. The highest BCUT2D eigenvalue weighted by molar-refractivity contribution is 8.00. The van der Waals surface area contributed by atoms with E-state index in [1.54, 1.807) is 11.8 Å². The highest BCUT2D eigenvalue weighted by atomic mass is 32.2. The fraction of sp³-hybridized carbons (Fsp3) is 0.583. The maximum Gasteiger partial charge on any atom is 0.235 e. The first kappa shape index (κ1) is 22.2. The van der Waals surface area contributed by atoms with Crippen molar-refractivity contribution in [3.05, 3.63) is 41.1 Å². The van der Waals surface area contributed by atoms with Gasteiger partial charge in [0.05, 0.1) is 34.9 Å². The molecule has 2 aromatic rings. The number of aromatic nitrogens is 2. The highest BCUT2D eigenvalue weighted by Crippen LogP contribution is 2.45. The molecule has 1 fully saturated rings. The molecular weight excluding hydrogens is 410 g/mol. The van der Waals surface area contributed by atoms with E-state index >= 15 is 0 Å². The summed E-state index contributed by atoms with van der Waals surface area (Å²) in [6, 6.07) is 8.52. The van der Waals surface area contributed by atoms with E-state index in [0.717, 1.165) is 55.1 Å². The van der Waals surface area contributed by atoms with Crippen molar-refractivity contribution in [2.45, 2.75) is 70.3 Å². The quantitative estimate of drug-likeness (QED) is 0.616. The summed E-state index contributed by atoms with van der Waals surface area (Å²) in [5.74, 6) is 2.19. The molecule has 168 valence electrons. The molecule has 1 amide bonds. The van der Waals surface area contributed by atoms with Crippen molar-refractivity contribution in [2.24, 2.45) is 0 Å². The van der Waals surface area contributed by atoms with Crippen LogP contribution >= 0.6 is 11.8 Å². The van der Waals surface area contributed by atoms with Crippen molar-refractivity contribution in [1.29, 1.82) is 0 Å². The molecule has 2 aliphatic rings. The molecule has 1 saturated heterocycles. The molecule has 7 heteroatoms. The first-order chi connectivity index (χ1) is 14.9. The Morgan fingerprint density at radius 1 is 1.32 bits per heavy atom. The number of nitrogens with one attached hydrogen (secondary N) is 1. The van der Waals surface area contributed by atoms with Gasteiger partial charge >= 0.3 is 0 Å². The summed E-state index contributed by atoms with van der Waals surface area (Å²) in [6.07, 6.45) is 3.94. The van der Waals surface area contributed by atoms with Crippen LogP contribution < -0.4 is 10.1 Å². The number of benzene rings is 1. The molecule has 0 saturated carbocycles. The third kappa shape index (κ3) is 4.93. The average Bonchev–Trinajstić information content (AvgIpc) is 2.94. The number of rotatable bonds is 6. The van der Waals surface area contributed by atoms with Gasteiger partial charge in [-0.1, -0.05) is 25.5 Å². The van der Waals surface area contributed by atoms with Gasteiger partial charge in [-0.05, 0) is 57.7 Å². The largest absolute Gasteiger partial charge is 0.494 e. The number of unbranched alkanes of at least 4 members (excludes halogenated alkanes) is 1. The zero-order chi connectivity index (χ0) is 22.0. The van der Waals surface area contributed by atoms with Crippen molar-refractivity contribution in [3.63, 3.8) is 0 Å². The predicted octanol–water partition coefficient (Wildman–Crippen LogP) is 5.28. The summed E-state index contributed by atoms with van der Waals surface area (Å²) in [5, 5.41) is 8.12. The average molecular weight is 444 g/mol. The first-order valence-corrected chi connectivity index (χ1v) is 12.3. The van der Waals surface area contributed by atoms with Crippen LogP contribution in [0, 0.1) is 6.92 Å². The Bertz CT molecular complexity index is 923. The van der Waals surface area contributed by atoms with Crippen LogP contribution in [-0.2, 0) is 9.53 Å². The number of anilines is 1. The molecular formula is C24H33N3O3S. The van der Waals surface area contributed by atoms with Crippen LogP contribution in [0.5, 0.6) is 5.75 Å². The van der Waals surface area contributed by atoms with E-state index in [1.165, 1.54) is 5.56 Å². The lowest BCUT2D eigenvalue weighted by molar-refractivity contribution is -0.113. The van der Waals surface area contributed by atoms with Gasteiger partial charge in [0.15, 0.2) is 0 Å². The third-order valence-corrected chi connectivity index (χ3v) is 7.27. The second-order valence-electron chi connectivity index (χ2n) is 9.06. The van der Waals surface area contributed by atoms with Gasteiger partial charge in [-0.15, -0.1) is 11.8 Å². The van der Waals surface area contributed by atoms with Crippen LogP contribution in [0.2, 0.25) is 0 Å². The van der Waals surface area contributed by atoms with Crippen LogP contribution in [0.25, 0.3) is 0 Å². The molecule has 0 bridgehead atoms. The molecule has 6 nitrogen and oxygen atoms in total. The number of carbonyl (C=O) groups is 1. The van der Waals surface area contributed by atoms with Crippen LogP contribution in [0.1, 0.15) is 74.6 Å². The smallest absolute Gasteiger partial charge is 0.235 e. The minimum Gasteiger partial charge on any atom is -0.494 e. The van der Waals surface area contributed by atoms with E-state index in [-0.39, 0.29) is 22.8 Å². The molecule has 0 radical (unpaired) electrons. The zero-order valence-corrected chi connectivity index (χ0v) is 19.8. The van der Waals surface area contributed by atoms with Gasteiger partial charge in [0.1, 0.15) is 11.6 Å². The first-order valence-electron chi connectivity index (χ1n) is 11.2. The standard InChI is InChI=1S/C24H33N3O3S/c1-5-6-12-29-19-9-7-17(8-10-19)22-21-16(2)26-27(23(21)25-20(28)15-31-22)18-11-13-30-24(3,4)14-18/h7-10,18,22H,5-6,11-15H2,1-4H3,(H,25,28). The predicted molar refractivity (Wildman–Crippen MR) is 125 cm³/mol. The molecule has 3 heterocycles. The van der Waals surface area contributed by atoms with Crippen LogP contribution in [-0.4, -0.2) is 40.3 Å². The Morgan fingerprint density at radius 2 is 2.10 bits per heavy atom. The van der Waals surface area contributed by atoms with Crippen LogP contribution in [0.4, 0.5) is 5.82 Å². The highest BCUT2D eigenvalue weighted by Gasteiger charge is 2.36. The van der Waals surface area contributed by atoms with Crippen LogP contribution in [0.3, 0.4) is 0 Å². The summed E-state index contributed by atoms with van der Waals surface area (Å²) >= 11 is 1.66. The van der Waals surface area contributed by atoms with E-state index < -0.39 is 0 Å². The Kier molecular flexibility index (Phi) is 6.63. The molecule has 31 heavy (non-hydrogen) atoms. The number of aryl methyl sites for hydroxylation is 1. The number of amides is 1. The maximum atomic E-state index is 12.6. The van der Waals surface area contributed by atoms with Crippen LogP contribution in [0.15, 0.2) is 24.3 Å².